The zero-order chi connectivity index (χ0) is 15.2. The first-order valence-electron chi connectivity index (χ1n) is 6.48. The molecule has 0 fully saturated rings. The zero-order valence-electron chi connectivity index (χ0n) is 11.5. The number of hydrogen-bond acceptors (Lipinski definition) is 2. The van der Waals surface area contributed by atoms with E-state index in [2.05, 4.69) is 21.2 Å². The molecule has 2 rings (SSSR count). The Labute approximate surface area is 137 Å². The minimum absolute atomic E-state index is 0.0272. The number of benzene rings is 2. The fourth-order valence-electron chi connectivity index (χ4n) is 1.82. The van der Waals surface area contributed by atoms with Crippen LogP contribution in [0.25, 0.3) is 0 Å². The molecule has 0 bridgehead atoms. The molecule has 1 amide bonds. The normalized spacial score (nSPS) is 11.8. The summed E-state index contributed by atoms with van der Waals surface area (Å²) in [7, 11) is 0. The minimum Gasteiger partial charge on any atom is -0.483 e. The average Bonchev–Trinajstić information content (AvgIpc) is 2.47. The number of ether oxygens (including phenoxy) is 1. The van der Waals surface area contributed by atoms with Gasteiger partial charge in [-0.05, 0) is 52.7 Å². The van der Waals surface area contributed by atoms with E-state index in [0.29, 0.717) is 10.8 Å². The summed E-state index contributed by atoms with van der Waals surface area (Å²) in [5, 5.41) is 3.56. The first kappa shape index (κ1) is 15.9. The van der Waals surface area contributed by atoms with Gasteiger partial charge in [-0.25, -0.2) is 0 Å². The number of rotatable bonds is 5. The molecule has 0 saturated heterocycles. The van der Waals surface area contributed by atoms with E-state index in [1.54, 1.807) is 18.2 Å². The van der Waals surface area contributed by atoms with Crippen molar-refractivity contribution < 1.29 is 9.53 Å². The molecule has 2 aromatic carbocycles. The molecule has 1 N–H and O–H groups in total. The molecule has 0 spiro atoms. The van der Waals surface area contributed by atoms with Crippen molar-refractivity contribution in [1.82, 2.24) is 5.32 Å². The molecule has 0 aromatic heterocycles. The molecule has 0 heterocycles. The lowest BCUT2D eigenvalue weighted by Crippen LogP contribution is -2.31. The highest BCUT2D eigenvalue weighted by molar-refractivity contribution is 9.10. The Morgan fingerprint density at radius 2 is 1.90 bits per heavy atom. The zero-order valence-corrected chi connectivity index (χ0v) is 13.8. The van der Waals surface area contributed by atoms with E-state index in [4.69, 9.17) is 16.3 Å². The van der Waals surface area contributed by atoms with E-state index in [1.807, 2.05) is 37.3 Å². The van der Waals surface area contributed by atoms with E-state index in [-0.39, 0.29) is 18.6 Å². The van der Waals surface area contributed by atoms with Gasteiger partial charge in [0.2, 0.25) is 0 Å². The molecular weight excluding hydrogens is 354 g/mol. The van der Waals surface area contributed by atoms with Crippen LogP contribution in [0, 0.1) is 0 Å². The topological polar surface area (TPSA) is 38.3 Å². The van der Waals surface area contributed by atoms with E-state index in [9.17, 15) is 4.79 Å². The summed E-state index contributed by atoms with van der Waals surface area (Å²) in [5.41, 5.74) is 0.994. The number of nitrogens with one attached hydrogen (secondary N) is 1. The number of hydrogen-bond donors (Lipinski definition) is 1. The Balaban J connectivity index is 1.87. The van der Waals surface area contributed by atoms with Gasteiger partial charge in [0.05, 0.1) is 10.5 Å². The Morgan fingerprint density at radius 1 is 1.24 bits per heavy atom. The van der Waals surface area contributed by atoms with E-state index in [0.717, 1.165) is 10.0 Å². The first-order chi connectivity index (χ1) is 10.1. The van der Waals surface area contributed by atoms with Gasteiger partial charge < -0.3 is 10.1 Å². The maximum absolute atomic E-state index is 11.9. The van der Waals surface area contributed by atoms with Crippen molar-refractivity contribution in [3.63, 3.8) is 0 Å². The molecule has 5 heteroatoms. The number of para-hydroxylation sites is 1. The third-order valence-electron chi connectivity index (χ3n) is 2.94. The molecule has 0 aliphatic rings. The monoisotopic (exact) mass is 367 g/mol. The van der Waals surface area contributed by atoms with Crippen molar-refractivity contribution in [2.24, 2.45) is 0 Å². The molecule has 2 aromatic rings. The lowest BCUT2D eigenvalue weighted by atomic mass is 10.1. The smallest absolute Gasteiger partial charge is 0.258 e. The lowest BCUT2D eigenvalue weighted by Gasteiger charge is -2.15. The van der Waals surface area contributed by atoms with E-state index < -0.39 is 0 Å². The summed E-state index contributed by atoms with van der Waals surface area (Å²) in [6.45, 7) is 1.89. The van der Waals surface area contributed by atoms with Gasteiger partial charge in [-0.15, -0.1) is 0 Å². The van der Waals surface area contributed by atoms with Crippen molar-refractivity contribution in [2.45, 2.75) is 13.0 Å². The second-order valence-electron chi connectivity index (χ2n) is 4.56. The van der Waals surface area contributed by atoms with Gasteiger partial charge in [-0.3, -0.25) is 4.79 Å². The van der Waals surface area contributed by atoms with Crippen molar-refractivity contribution in [3.05, 3.63) is 63.6 Å². The molecule has 110 valence electrons. The lowest BCUT2D eigenvalue weighted by molar-refractivity contribution is -0.123. The highest BCUT2D eigenvalue weighted by Crippen LogP contribution is 2.23. The molecule has 1 atom stereocenters. The van der Waals surface area contributed by atoms with Gasteiger partial charge in [0, 0.05) is 5.02 Å². The number of amides is 1. The minimum atomic E-state index is -0.173. The van der Waals surface area contributed by atoms with Crippen molar-refractivity contribution in [2.75, 3.05) is 6.61 Å². The van der Waals surface area contributed by atoms with Gasteiger partial charge in [0.15, 0.2) is 6.61 Å². The fourth-order valence-corrected chi connectivity index (χ4v) is 2.35. The molecule has 3 nitrogen and oxygen atoms in total. The summed E-state index contributed by atoms with van der Waals surface area (Å²) < 4.78 is 6.30. The van der Waals surface area contributed by atoms with Crippen LogP contribution < -0.4 is 10.1 Å². The second-order valence-corrected chi connectivity index (χ2v) is 5.85. The summed E-state index contributed by atoms with van der Waals surface area (Å²) >= 11 is 9.21. The third-order valence-corrected chi connectivity index (χ3v) is 3.85. The van der Waals surface area contributed by atoms with Crippen LogP contribution in [-0.2, 0) is 4.79 Å². The van der Waals surface area contributed by atoms with Gasteiger partial charge in [-0.2, -0.15) is 0 Å². The number of carbonyl (C=O) groups is 1. The van der Waals surface area contributed by atoms with Gasteiger partial charge in [-0.1, -0.05) is 35.9 Å². The Hall–Kier alpha value is -1.52. The molecule has 0 radical (unpaired) electrons. The largest absolute Gasteiger partial charge is 0.483 e. The van der Waals surface area contributed by atoms with Crippen LogP contribution in [0.15, 0.2) is 53.0 Å². The summed E-state index contributed by atoms with van der Waals surface area (Å²) in [6.07, 6.45) is 0. The van der Waals surface area contributed by atoms with Crippen molar-refractivity contribution in [3.8, 4) is 5.75 Å². The van der Waals surface area contributed by atoms with Crippen LogP contribution >= 0.6 is 27.5 Å². The molecular formula is C16H15BrClNO2. The number of halogens is 2. The van der Waals surface area contributed by atoms with E-state index >= 15 is 0 Å². The Morgan fingerprint density at radius 3 is 2.57 bits per heavy atom. The van der Waals surface area contributed by atoms with Crippen LogP contribution in [0.3, 0.4) is 0 Å². The maximum Gasteiger partial charge on any atom is 0.258 e. The molecule has 0 aliphatic carbocycles. The predicted octanol–water partition coefficient (Wildman–Crippen LogP) is 4.36. The standard InChI is InChI=1S/C16H15BrClNO2/c1-11(12-6-8-13(18)9-7-12)19-16(20)10-21-15-5-3-2-4-14(15)17/h2-9,11H,10H2,1H3,(H,19,20)/t11-/m1/s1. The van der Waals surface area contributed by atoms with Gasteiger partial charge in [0.1, 0.15) is 5.75 Å². The van der Waals surface area contributed by atoms with Gasteiger partial charge in [0.25, 0.3) is 5.91 Å². The molecule has 21 heavy (non-hydrogen) atoms. The summed E-state index contributed by atoms with van der Waals surface area (Å²) in [4.78, 5) is 11.9. The maximum atomic E-state index is 11.9. The quantitative estimate of drug-likeness (QED) is 0.851. The molecule has 0 saturated carbocycles. The van der Waals surface area contributed by atoms with Crippen LogP contribution in [0.1, 0.15) is 18.5 Å². The van der Waals surface area contributed by atoms with Crippen molar-refractivity contribution >= 4 is 33.4 Å². The van der Waals surface area contributed by atoms with Gasteiger partial charge >= 0.3 is 0 Å². The van der Waals surface area contributed by atoms with Crippen LogP contribution in [0.2, 0.25) is 5.02 Å². The Bertz CT molecular complexity index is 616. The van der Waals surface area contributed by atoms with Crippen LogP contribution in [0.4, 0.5) is 0 Å². The predicted molar refractivity (Wildman–Crippen MR) is 87.6 cm³/mol. The summed E-state index contributed by atoms with van der Waals surface area (Å²) in [5.74, 6) is 0.472. The van der Waals surface area contributed by atoms with Crippen LogP contribution in [-0.4, -0.2) is 12.5 Å². The highest BCUT2D eigenvalue weighted by atomic mass is 79.9. The third kappa shape index (κ3) is 4.76. The van der Waals surface area contributed by atoms with E-state index in [1.165, 1.54) is 0 Å². The average molecular weight is 369 g/mol. The Kier molecular flexibility index (Phi) is 5.65. The van der Waals surface area contributed by atoms with Crippen LogP contribution in [0.5, 0.6) is 5.75 Å². The number of carbonyl (C=O) groups excluding carboxylic acids is 1. The summed E-state index contributed by atoms with van der Waals surface area (Å²) in [6, 6.07) is 14.7. The SMILES string of the molecule is C[C@@H](NC(=O)COc1ccccc1Br)c1ccc(Cl)cc1. The second kappa shape index (κ2) is 7.48. The fraction of sp³-hybridized carbons (Fsp3) is 0.188. The molecule has 0 unspecified atom stereocenters. The molecule has 0 aliphatic heterocycles. The highest BCUT2D eigenvalue weighted by Gasteiger charge is 2.10. The van der Waals surface area contributed by atoms with Crippen molar-refractivity contribution in [1.29, 1.82) is 0 Å². The first-order valence-corrected chi connectivity index (χ1v) is 7.65.